The average molecular weight is 391 g/mol. The molecule has 1 fully saturated rings. The molecule has 0 aliphatic carbocycles. The minimum Gasteiger partial charge on any atom is -0.479 e. The summed E-state index contributed by atoms with van der Waals surface area (Å²) in [6, 6.07) is 19.4. The van der Waals surface area contributed by atoms with E-state index >= 15 is 0 Å². The normalized spacial score (nSPS) is 16.6. The molecule has 1 unspecified atom stereocenters. The van der Waals surface area contributed by atoms with Gasteiger partial charge in [-0.25, -0.2) is 4.79 Å². The molecule has 2 aromatic carbocycles. The number of aliphatic carboxylic acids is 1. The number of hydrogen-bond acceptors (Lipinski definition) is 4. The van der Waals surface area contributed by atoms with Gasteiger partial charge in [0.15, 0.2) is 6.10 Å². The van der Waals surface area contributed by atoms with Gasteiger partial charge in [-0.05, 0) is 5.56 Å². The van der Waals surface area contributed by atoms with Crippen LogP contribution in [-0.2, 0) is 16.1 Å². The lowest BCUT2D eigenvalue weighted by Gasteiger charge is -2.30. The largest absolute Gasteiger partial charge is 0.479 e. The summed E-state index contributed by atoms with van der Waals surface area (Å²) in [5.41, 5.74) is 2.96. The molecular formula is C22H21N3O4. The van der Waals surface area contributed by atoms with E-state index in [2.05, 4.69) is 5.10 Å². The quantitative estimate of drug-likeness (QED) is 0.722. The minimum atomic E-state index is -1.06. The van der Waals surface area contributed by atoms with Gasteiger partial charge in [0, 0.05) is 18.3 Å². The first kappa shape index (κ1) is 18.9. The molecule has 1 amide bonds. The van der Waals surface area contributed by atoms with Crippen molar-refractivity contribution < 1.29 is 19.4 Å². The SMILES string of the molecule is O=C(O)C1CN(C(=O)c2cn(Cc3ccccc3)nc2-c2ccccc2)CCO1. The summed E-state index contributed by atoms with van der Waals surface area (Å²) < 4.78 is 6.99. The lowest BCUT2D eigenvalue weighted by Crippen LogP contribution is -2.48. The first-order valence-electron chi connectivity index (χ1n) is 9.42. The van der Waals surface area contributed by atoms with Crippen molar-refractivity contribution in [1.82, 2.24) is 14.7 Å². The van der Waals surface area contributed by atoms with Gasteiger partial charge in [-0.15, -0.1) is 0 Å². The van der Waals surface area contributed by atoms with Gasteiger partial charge in [0.2, 0.25) is 0 Å². The number of carboxylic acids is 1. The molecule has 0 saturated carbocycles. The van der Waals surface area contributed by atoms with E-state index in [-0.39, 0.29) is 19.1 Å². The van der Waals surface area contributed by atoms with Crippen molar-refractivity contribution in [3.63, 3.8) is 0 Å². The molecule has 7 heteroatoms. The van der Waals surface area contributed by atoms with E-state index in [0.717, 1.165) is 11.1 Å². The standard InChI is InChI=1S/C22H21N3O4/c26-21(24-11-12-29-19(15-24)22(27)28)18-14-25(13-16-7-3-1-4-8-16)23-20(18)17-9-5-2-6-10-17/h1-10,14,19H,11-13,15H2,(H,27,28). The van der Waals surface area contributed by atoms with Crippen LogP contribution in [0.2, 0.25) is 0 Å². The van der Waals surface area contributed by atoms with Crippen molar-refractivity contribution in [2.75, 3.05) is 19.7 Å². The lowest BCUT2D eigenvalue weighted by atomic mass is 10.1. The Balaban J connectivity index is 1.67. The molecule has 0 radical (unpaired) electrons. The van der Waals surface area contributed by atoms with E-state index in [4.69, 9.17) is 4.74 Å². The maximum atomic E-state index is 13.3. The maximum absolute atomic E-state index is 13.3. The van der Waals surface area contributed by atoms with E-state index in [1.807, 2.05) is 60.7 Å². The Morgan fingerprint density at radius 3 is 2.45 bits per heavy atom. The van der Waals surface area contributed by atoms with Gasteiger partial charge in [0.25, 0.3) is 5.91 Å². The van der Waals surface area contributed by atoms with Gasteiger partial charge in [0.05, 0.1) is 25.3 Å². The number of benzene rings is 2. The maximum Gasteiger partial charge on any atom is 0.334 e. The van der Waals surface area contributed by atoms with E-state index in [1.165, 1.54) is 4.90 Å². The van der Waals surface area contributed by atoms with Crippen LogP contribution in [0.5, 0.6) is 0 Å². The predicted octanol–water partition coefficient (Wildman–Crippen LogP) is 2.52. The van der Waals surface area contributed by atoms with E-state index in [9.17, 15) is 14.7 Å². The van der Waals surface area contributed by atoms with Crippen molar-refractivity contribution in [2.24, 2.45) is 0 Å². The number of carbonyl (C=O) groups excluding carboxylic acids is 1. The smallest absolute Gasteiger partial charge is 0.334 e. The van der Waals surface area contributed by atoms with Gasteiger partial charge in [-0.2, -0.15) is 5.10 Å². The van der Waals surface area contributed by atoms with Gasteiger partial charge < -0.3 is 14.7 Å². The second-order valence-electron chi connectivity index (χ2n) is 6.89. The molecule has 148 valence electrons. The fraction of sp³-hybridized carbons (Fsp3) is 0.227. The van der Waals surface area contributed by atoms with Gasteiger partial charge in [-0.1, -0.05) is 60.7 Å². The van der Waals surface area contributed by atoms with Crippen LogP contribution in [0.1, 0.15) is 15.9 Å². The number of morpholine rings is 1. The summed E-state index contributed by atoms with van der Waals surface area (Å²) in [7, 11) is 0. The number of carboxylic acid groups (broad SMARTS) is 1. The lowest BCUT2D eigenvalue weighted by molar-refractivity contribution is -0.154. The highest BCUT2D eigenvalue weighted by Crippen LogP contribution is 2.24. The van der Waals surface area contributed by atoms with Crippen LogP contribution in [0.3, 0.4) is 0 Å². The van der Waals surface area contributed by atoms with Crippen molar-refractivity contribution in [1.29, 1.82) is 0 Å². The molecule has 1 saturated heterocycles. The third kappa shape index (κ3) is 4.20. The molecule has 1 aliphatic rings. The van der Waals surface area contributed by atoms with Crippen LogP contribution in [-0.4, -0.2) is 57.5 Å². The zero-order valence-corrected chi connectivity index (χ0v) is 15.8. The van der Waals surface area contributed by atoms with Crippen molar-refractivity contribution >= 4 is 11.9 Å². The van der Waals surface area contributed by atoms with Crippen LogP contribution >= 0.6 is 0 Å². The number of rotatable bonds is 5. The topological polar surface area (TPSA) is 84.7 Å². The molecule has 1 aromatic heterocycles. The molecule has 2 heterocycles. The Kier molecular flexibility index (Phi) is 5.39. The fourth-order valence-electron chi connectivity index (χ4n) is 3.39. The van der Waals surface area contributed by atoms with Gasteiger partial charge >= 0.3 is 5.97 Å². The number of aromatic nitrogens is 2. The van der Waals surface area contributed by atoms with Crippen LogP contribution in [0.15, 0.2) is 66.9 Å². The summed E-state index contributed by atoms with van der Waals surface area (Å²) in [6.45, 7) is 1.10. The highest BCUT2D eigenvalue weighted by Gasteiger charge is 2.31. The zero-order chi connectivity index (χ0) is 20.2. The van der Waals surface area contributed by atoms with Crippen molar-refractivity contribution in [3.05, 3.63) is 78.0 Å². The first-order chi connectivity index (χ1) is 14.1. The van der Waals surface area contributed by atoms with Crippen LogP contribution in [0.4, 0.5) is 0 Å². The zero-order valence-electron chi connectivity index (χ0n) is 15.8. The van der Waals surface area contributed by atoms with Crippen LogP contribution < -0.4 is 0 Å². The number of nitrogens with zero attached hydrogens (tertiary/aromatic N) is 3. The summed E-state index contributed by atoms with van der Waals surface area (Å²) >= 11 is 0. The average Bonchev–Trinajstić information content (AvgIpc) is 3.18. The Morgan fingerprint density at radius 2 is 1.76 bits per heavy atom. The monoisotopic (exact) mass is 391 g/mol. The Morgan fingerprint density at radius 1 is 1.07 bits per heavy atom. The summed E-state index contributed by atoms with van der Waals surface area (Å²) in [5.74, 6) is -1.30. The van der Waals surface area contributed by atoms with Crippen LogP contribution in [0, 0.1) is 0 Å². The molecule has 1 aliphatic heterocycles. The third-order valence-corrected chi connectivity index (χ3v) is 4.86. The number of carbonyl (C=O) groups is 2. The molecule has 0 bridgehead atoms. The van der Waals surface area contributed by atoms with Crippen molar-refractivity contribution in [3.8, 4) is 11.3 Å². The highest BCUT2D eigenvalue weighted by molar-refractivity contribution is 6.00. The molecule has 4 rings (SSSR count). The molecule has 1 N–H and O–H groups in total. The van der Waals surface area contributed by atoms with Crippen molar-refractivity contribution in [2.45, 2.75) is 12.6 Å². The Labute approximate surface area is 168 Å². The molecule has 3 aromatic rings. The Bertz CT molecular complexity index is 1000. The van der Waals surface area contributed by atoms with E-state index in [0.29, 0.717) is 24.3 Å². The number of amides is 1. The summed E-state index contributed by atoms with van der Waals surface area (Å²) in [5, 5.41) is 13.9. The fourth-order valence-corrected chi connectivity index (χ4v) is 3.39. The highest BCUT2D eigenvalue weighted by atomic mass is 16.5. The summed E-state index contributed by atoms with van der Waals surface area (Å²) in [4.78, 5) is 26.1. The van der Waals surface area contributed by atoms with Crippen LogP contribution in [0.25, 0.3) is 11.3 Å². The van der Waals surface area contributed by atoms with Gasteiger partial charge in [-0.3, -0.25) is 9.48 Å². The molecular weight excluding hydrogens is 370 g/mol. The summed E-state index contributed by atoms with van der Waals surface area (Å²) in [6.07, 6.45) is 0.732. The molecule has 0 spiro atoms. The third-order valence-electron chi connectivity index (χ3n) is 4.86. The van der Waals surface area contributed by atoms with Gasteiger partial charge in [0.1, 0.15) is 5.69 Å². The number of hydrogen-bond donors (Lipinski definition) is 1. The first-order valence-corrected chi connectivity index (χ1v) is 9.42. The Hall–Kier alpha value is -3.45. The molecule has 1 atom stereocenters. The predicted molar refractivity (Wildman–Crippen MR) is 106 cm³/mol. The van der Waals surface area contributed by atoms with E-state index in [1.54, 1.807) is 10.9 Å². The van der Waals surface area contributed by atoms with E-state index < -0.39 is 12.1 Å². The second-order valence-corrected chi connectivity index (χ2v) is 6.89. The second kappa shape index (κ2) is 8.28. The number of ether oxygens (including phenoxy) is 1. The molecule has 29 heavy (non-hydrogen) atoms. The minimum absolute atomic E-state index is 0.0201. The molecule has 7 nitrogen and oxygen atoms in total.